The van der Waals surface area contributed by atoms with Crippen LogP contribution in [0.1, 0.15) is 18.1 Å². The van der Waals surface area contributed by atoms with Gasteiger partial charge in [0, 0.05) is 23.6 Å². The largest absolute Gasteiger partial charge is 0.493 e. The molecule has 0 bridgehead atoms. The topological polar surface area (TPSA) is 65.6 Å². The number of rotatable bonds is 7. The monoisotopic (exact) mass is 378 g/mol. The van der Waals surface area contributed by atoms with Gasteiger partial charge in [-0.25, -0.2) is 4.99 Å². The Morgan fingerprint density at radius 2 is 1.61 bits per heavy atom. The zero-order valence-electron chi connectivity index (χ0n) is 16.3. The first-order chi connectivity index (χ1) is 13.6. The quantitative estimate of drug-likeness (QED) is 0.530. The first-order valence-corrected chi connectivity index (χ1v) is 8.68. The van der Waals surface area contributed by atoms with E-state index in [0.717, 1.165) is 22.5 Å². The molecule has 0 aliphatic rings. The van der Waals surface area contributed by atoms with E-state index < -0.39 is 0 Å². The Balaban J connectivity index is 1.79. The van der Waals surface area contributed by atoms with Gasteiger partial charge in [0.2, 0.25) is 11.6 Å². The lowest BCUT2D eigenvalue weighted by Crippen LogP contribution is -1.96. The summed E-state index contributed by atoms with van der Waals surface area (Å²) in [5.41, 5.74) is 3.54. The van der Waals surface area contributed by atoms with Crippen molar-refractivity contribution in [2.45, 2.75) is 6.92 Å². The molecule has 0 saturated heterocycles. The van der Waals surface area contributed by atoms with Crippen molar-refractivity contribution in [3.63, 3.8) is 0 Å². The summed E-state index contributed by atoms with van der Waals surface area (Å²) in [4.78, 5) is 8.96. The summed E-state index contributed by atoms with van der Waals surface area (Å²) in [5, 5.41) is 0. The summed E-state index contributed by atoms with van der Waals surface area (Å²) in [5.74, 6) is 2.31. The van der Waals surface area contributed by atoms with Crippen LogP contribution < -0.4 is 14.2 Å². The van der Waals surface area contributed by atoms with E-state index in [4.69, 9.17) is 18.6 Å². The molecule has 0 radical (unpaired) electrons. The molecule has 144 valence electrons. The van der Waals surface area contributed by atoms with Crippen molar-refractivity contribution in [3.8, 4) is 17.2 Å². The molecule has 0 saturated carbocycles. The van der Waals surface area contributed by atoms with Crippen LogP contribution in [0.25, 0.3) is 0 Å². The molecule has 0 fully saturated rings. The molecule has 3 rings (SSSR count). The normalized spacial score (nSPS) is 11.6. The van der Waals surface area contributed by atoms with Gasteiger partial charge in [0.1, 0.15) is 0 Å². The van der Waals surface area contributed by atoms with Gasteiger partial charge in [-0.15, -0.1) is 0 Å². The molecule has 0 aliphatic heterocycles. The Bertz CT molecular complexity index is 949. The maximum Gasteiger partial charge on any atom is 0.218 e. The van der Waals surface area contributed by atoms with Crippen molar-refractivity contribution >= 4 is 23.5 Å². The molecule has 0 atom stereocenters. The molecule has 0 aliphatic carbocycles. The van der Waals surface area contributed by atoms with Gasteiger partial charge in [-0.3, -0.25) is 4.99 Å². The Labute approximate surface area is 164 Å². The lowest BCUT2D eigenvalue weighted by molar-refractivity contribution is 0.324. The van der Waals surface area contributed by atoms with Crippen molar-refractivity contribution < 1.29 is 18.6 Å². The number of aliphatic imine (C=N–C) groups is 2. The van der Waals surface area contributed by atoms with Crippen molar-refractivity contribution in [3.05, 3.63) is 65.9 Å². The SMILES string of the molecule is COc1cc(C=Nc2ccc(/C(C)=N\c3ccco3)cc2)cc(OC)c1OC. The van der Waals surface area contributed by atoms with Crippen molar-refractivity contribution in [1.82, 2.24) is 0 Å². The number of hydrogen-bond donors (Lipinski definition) is 0. The smallest absolute Gasteiger partial charge is 0.218 e. The second-order valence-corrected chi connectivity index (χ2v) is 5.91. The molecule has 0 spiro atoms. The van der Waals surface area contributed by atoms with Crippen LogP contribution in [-0.4, -0.2) is 33.3 Å². The van der Waals surface area contributed by atoms with Gasteiger partial charge >= 0.3 is 0 Å². The van der Waals surface area contributed by atoms with Gasteiger partial charge < -0.3 is 18.6 Å². The summed E-state index contributed by atoms with van der Waals surface area (Å²) >= 11 is 0. The zero-order chi connectivity index (χ0) is 19.9. The number of hydrogen-bond acceptors (Lipinski definition) is 6. The van der Waals surface area contributed by atoms with E-state index in [9.17, 15) is 0 Å². The van der Waals surface area contributed by atoms with E-state index in [-0.39, 0.29) is 0 Å². The van der Waals surface area contributed by atoms with Crippen molar-refractivity contribution in [2.75, 3.05) is 21.3 Å². The predicted octanol–water partition coefficient (Wildman–Crippen LogP) is 5.20. The summed E-state index contributed by atoms with van der Waals surface area (Å²) in [7, 11) is 4.75. The first-order valence-electron chi connectivity index (χ1n) is 8.68. The molecule has 0 amide bonds. The van der Waals surface area contributed by atoms with E-state index >= 15 is 0 Å². The third kappa shape index (κ3) is 4.40. The maximum absolute atomic E-state index is 5.37. The van der Waals surface area contributed by atoms with Gasteiger partial charge in [0.25, 0.3) is 0 Å². The Kier molecular flexibility index (Phi) is 6.11. The number of methoxy groups -OCH3 is 3. The van der Waals surface area contributed by atoms with Crippen molar-refractivity contribution in [1.29, 1.82) is 0 Å². The zero-order valence-corrected chi connectivity index (χ0v) is 16.3. The molecule has 0 unspecified atom stereocenters. The summed E-state index contributed by atoms with van der Waals surface area (Å²) in [6.45, 7) is 1.94. The van der Waals surface area contributed by atoms with Crippen LogP contribution >= 0.6 is 0 Å². The molecular weight excluding hydrogens is 356 g/mol. The van der Waals surface area contributed by atoms with Gasteiger partial charge in [-0.2, -0.15) is 0 Å². The fourth-order valence-electron chi connectivity index (χ4n) is 2.68. The van der Waals surface area contributed by atoms with Gasteiger partial charge in [-0.1, -0.05) is 12.1 Å². The highest BCUT2D eigenvalue weighted by molar-refractivity contribution is 6.00. The fourth-order valence-corrected chi connectivity index (χ4v) is 2.68. The first kappa shape index (κ1) is 19.2. The summed E-state index contributed by atoms with van der Waals surface area (Å²) in [6, 6.07) is 15.1. The van der Waals surface area contributed by atoms with E-state index in [1.54, 1.807) is 33.8 Å². The third-order valence-electron chi connectivity index (χ3n) is 4.12. The van der Waals surface area contributed by atoms with Gasteiger partial charge in [0.05, 0.1) is 33.3 Å². The number of ether oxygens (including phenoxy) is 3. The lowest BCUT2D eigenvalue weighted by atomic mass is 10.1. The molecule has 2 aromatic carbocycles. The van der Waals surface area contributed by atoms with E-state index in [2.05, 4.69) is 9.98 Å². The summed E-state index contributed by atoms with van der Waals surface area (Å²) < 4.78 is 21.3. The van der Waals surface area contributed by atoms with Crippen LogP contribution in [0.2, 0.25) is 0 Å². The van der Waals surface area contributed by atoms with Crippen LogP contribution in [0.3, 0.4) is 0 Å². The standard InChI is InChI=1S/C22H22N2O4/c1-15(24-21-6-5-11-28-21)17-7-9-18(10-8-17)23-14-16-12-19(25-2)22(27-4)20(13-16)26-3/h5-14H,1-4H3/b23-14?,24-15-. The number of benzene rings is 2. The Morgan fingerprint density at radius 1 is 0.929 bits per heavy atom. The van der Waals surface area contributed by atoms with Crippen LogP contribution in [0.4, 0.5) is 11.6 Å². The second-order valence-electron chi connectivity index (χ2n) is 5.91. The van der Waals surface area contributed by atoms with Gasteiger partial charge in [-0.05, 0) is 42.8 Å². The highest BCUT2D eigenvalue weighted by Gasteiger charge is 2.12. The average Bonchev–Trinajstić information content (AvgIpc) is 3.24. The van der Waals surface area contributed by atoms with Crippen LogP contribution in [0.15, 0.2) is 69.2 Å². The van der Waals surface area contributed by atoms with Crippen LogP contribution in [0.5, 0.6) is 17.2 Å². The minimum Gasteiger partial charge on any atom is -0.493 e. The van der Waals surface area contributed by atoms with E-state index in [1.165, 1.54) is 0 Å². The number of furan rings is 1. The number of nitrogens with zero attached hydrogens (tertiary/aromatic N) is 2. The molecule has 1 aromatic heterocycles. The molecule has 0 N–H and O–H groups in total. The maximum atomic E-state index is 5.37. The van der Waals surface area contributed by atoms with Crippen molar-refractivity contribution in [2.24, 2.45) is 9.98 Å². The minimum atomic E-state index is 0.554. The summed E-state index contributed by atoms with van der Waals surface area (Å²) in [6.07, 6.45) is 3.36. The third-order valence-corrected chi connectivity index (χ3v) is 4.12. The highest BCUT2D eigenvalue weighted by atomic mass is 16.5. The Hall–Kier alpha value is -3.54. The fraction of sp³-hybridized carbons (Fsp3) is 0.182. The predicted molar refractivity (Wildman–Crippen MR) is 110 cm³/mol. The molecule has 6 heteroatoms. The van der Waals surface area contributed by atoms with Crippen LogP contribution in [0, 0.1) is 0 Å². The Morgan fingerprint density at radius 3 is 2.14 bits per heavy atom. The van der Waals surface area contributed by atoms with Crippen LogP contribution in [-0.2, 0) is 0 Å². The van der Waals surface area contributed by atoms with E-state index in [1.807, 2.05) is 55.5 Å². The molecule has 3 aromatic rings. The molecular formula is C22H22N2O4. The molecule has 28 heavy (non-hydrogen) atoms. The average molecular weight is 378 g/mol. The highest BCUT2D eigenvalue weighted by Crippen LogP contribution is 2.37. The second kappa shape index (κ2) is 8.90. The molecule has 6 nitrogen and oxygen atoms in total. The van der Waals surface area contributed by atoms with Gasteiger partial charge in [0.15, 0.2) is 11.5 Å². The minimum absolute atomic E-state index is 0.554. The van der Waals surface area contributed by atoms with E-state index in [0.29, 0.717) is 23.1 Å². The molecule has 1 heterocycles. The lowest BCUT2D eigenvalue weighted by Gasteiger charge is -2.12.